The Kier molecular flexibility index (Phi) is 10.5. The van der Waals surface area contributed by atoms with Gasteiger partial charge in [-0.2, -0.15) is 5.26 Å². The number of alkyl carbamates (subject to hydrolysis) is 1. The number of rotatable bonds is 10. The van der Waals surface area contributed by atoms with Crippen LogP contribution in [0.15, 0.2) is 42.0 Å². The van der Waals surface area contributed by atoms with E-state index in [1.54, 1.807) is 18.7 Å². The molecule has 0 spiro atoms. The van der Waals surface area contributed by atoms with E-state index in [1.165, 1.54) is 11.0 Å². The highest BCUT2D eigenvalue weighted by atomic mass is 19.3. The number of nitrogens with zero attached hydrogens (tertiary/aromatic N) is 3. The van der Waals surface area contributed by atoms with Gasteiger partial charge in [0.1, 0.15) is 18.2 Å². The van der Waals surface area contributed by atoms with Gasteiger partial charge in [0.25, 0.3) is 11.8 Å². The number of hydrogen-bond acceptors (Lipinski definition) is 7. The molecule has 2 atom stereocenters. The lowest BCUT2D eigenvalue weighted by Gasteiger charge is -2.36. The number of benzene rings is 1. The lowest BCUT2D eigenvalue weighted by molar-refractivity contribution is -0.131. The Morgan fingerprint density at radius 3 is 2.62 bits per heavy atom. The summed E-state index contributed by atoms with van der Waals surface area (Å²) in [6, 6.07) is 10.9. The van der Waals surface area contributed by atoms with Crippen LogP contribution in [-0.4, -0.2) is 88.7 Å². The highest BCUT2D eigenvalue weighted by Crippen LogP contribution is 2.33. The number of nitriles is 1. The summed E-state index contributed by atoms with van der Waals surface area (Å²) in [6.07, 6.45) is 3.19. The smallest absolute Gasteiger partial charge is 0.447 e. The number of amides is 2. The van der Waals surface area contributed by atoms with E-state index in [-0.39, 0.29) is 31.6 Å². The summed E-state index contributed by atoms with van der Waals surface area (Å²) >= 11 is 0. The van der Waals surface area contributed by atoms with E-state index >= 15 is 0 Å². The number of piperidine rings is 1. The van der Waals surface area contributed by atoms with Gasteiger partial charge in [-0.25, -0.2) is 13.6 Å². The number of halogens is 2. The van der Waals surface area contributed by atoms with Crippen LogP contribution in [0.25, 0.3) is 0 Å². The molecule has 3 N–H and O–H groups in total. The van der Waals surface area contributed by atoms with Crippen LogP contribution in [0.2, 0.25) is 0 Å². The van der Waals surface area contributed by atoms with Gasteiger partial charge in [-0.15, -0.1) is 0 Å². The average molecular weight is 546 g/mol. The molecule has 3 rings (SSSR count). The van der Waals surface area contributed by atoms with Crippen molar-refractivity contribution in [2.45, 2.75) is 75.8 Å². The molecule has 0 saturated carbocycles. The van der Waals surface area contributed by atoms with Crippen LogP contribution in [0, 0.1) is 11.3 Å². The summed E-state index contributed by atoms with van der Waals surface area (Å²) in [4.78, 5) is 28.9. The Hall–Kier alpha value is -3.01. The standard InChI is InChI=1S/C27H37BF2N4O5/c1-26(2,33-15-13-27(29,30)19-33)16-21(17-31)24(35)34-14-7-6-10-22(34)18-39-25(36)32-23(28(37)38)12-11-20-8-4-3-5-9-20/h3-5,8-9,16,22-23,37-38H,6-7,10-15,18-19H2,1-2H3,(H,32,36)/b21-16+/t22-,23+/m1/s1. The summed E-state index contributed by atoms with van der Waals surface area (Å²) < 4.78 is 32.9. The van der Waals surface area contributed by atoms with Gasteiger partial charge in [-0.05, 0) is 57.6 Å². The predicted molar refractivity (Wildman–Crippen MR) is 141 cm³/mol. The average Bonchev–Trinajstić information content (AvgIpc) is 3.29. The van der Waals surface area contributed by atoms with Gasteiger partial charge in [-0.3, -0.25) is 9.69 Å². The first-order chi connectivity index (χ1) is 18.4. The van der Waals surface area contributed by atoms with E-state index in [1.807, 2.05) is 36.4 Å². The molecule has 12 heteroatoms. The van der Waals surface area contributed by atoms with Crippen LogP contribution in [0.1, 0.15) is 51.5 Å². The van der Waals surface area contributed by atoms with Crippen LogP contribution >= 0.6 is 0 Å². The minimum absolute atomic E-state index is 0.134. The Morgan fingerprint density at radius 1 is 1.28 bits per heavy atom. The van der Waals surface area contributed by atoms with Crippen molar-refractivity contribution in [2.24, 2.45) is 0 Å². The van der Waals surface area contributed by atoms with Crippen molar-refractivity contribution in [2.75, 3.05) is 26.2 Å². The highest BCUT2D eigenvalue weighted by molar-refractivity contribution is 6.43. The largest absolute Gasteiger partial charge is 0.475 e. The van der Waals surface area contributed by atoms with Crippen LogP contribution in [-0.2, 0) is 16.0 Å². The molecule has 2 saturated heterocycles. The fraction of sp³-hybridized carbons (Fsp3) is 0.593. The summed E-state index contributed by atoms with van der Waals surface area (Å²) in [5.41, 5.74) is -0.0871. The number of carbonyl (C=O) groups is 2. The molecule has 2 aliphatic rings. The molecule has 9 nitrogen and oxygen atoms in total. The molecule has 1 aromatic carbocycles. The van der Waals surface area contributed by atoms with Gasteiger partial charge in [0.2, 0.25) is 0 Å². The van der Waals surface area contributed by atoms with Gasteiger partial charge >= 0.3 is 13.2 Å². The first kappa shape index (κ1) is 30.5. The fourth-order valence-electron chi connectivity index (χ4n) is 5.04. The molecular weight excluding hydrogens is 509 g/mol. The third-order valence-electron chi connectivity index (χ3n) is 7.38. The number of ether oxygens (including phenoxy) is 1. The number of aryl methyl sites for hydroxylation is 1. The van der Waals surface area contributed by atoms with Crippen molar-refractivity contribution in [1.82, 2.24) is 15.1 Å². The molecule has 2 heterocycles. The molecule has 0 bridgehead atoms. The zero-order valence-electron chi connectivity index (χ0n) is 22.5. The van der Waals surface area contributed by atoms with E-state index in [0.29, 0.717) is 25.8 Å². The molecule has 0 aliphatic carbocycles. The number of nitrogens with one attached hydrogen (secondary N) is 1. The minimum Gasteiger partial charge on any atom is -0.447 e. The minimum atomic E-state index is -2.80. The monoisotopic (exact) mass is 546 g/mol. The van der Waals surface area contributed by atoms with E-state index in [2.05, 4.69) is 5.32 Å². The number of hydrogen-bond donors (Lipinski definition) is 3. The molecule has 2 amide bonds. The summed E-state index contributed by atoms with van der Waals surface area (Å²) in [6.45, 7) is 3.35. The molecule has 2 fully saturated rings. The van der Waals surface area contributed by atoms with Crippen molar-refractivity contribution in [1.29, 1.82) is 5.26 Å². The molecule has 39 heavy (non-hydrogen) atoms. The molecule has 0 unspecified atom stereocenters. The first-order valence-electron chi connectivity index (χ1n) is 13.3. The molecule has 1 aromatic rings. The van der Waals surface area contributed by atoms with Crippen molar-refractivity contribution < 1.29 is 33.2 Å². The number of likely N-dealkylation sites (tertiary alicyclic amines) is 2. The zero-order chi connectivity index (χ0) is 28.6. The van der Waals surface area contributed by atoms with Gasteiger partial charge in [-0.1, -0.05) is 30.3 Å². The maximum atomic E-state index is 13.8. The SMILES string of the molecule is CC(C)(/C=C(\C#N)C(=O)N1CCCC[C@@H]1COC(=O)N[C@@H](CCc1ccccc1)B(O)O)N1CCC(F)(F)C1. The fourth-order valence-corrected chi connectivity index (χ4v) is 5.04. The Morgan fingerprint density at radius 2 is 2.00 bits per heavy atom. The summed E-state index contributed by atoms with van der Waals surface area (Å²) in [7, 11) is -1.78. The van der Waals surface area contributed by atoms with Gasteiger partial charge in [0.05, 0.1) is 18.5 Å². The van der Waals surface area contributed by atoms with Crippen LogP contribution < -0.4 is 5.32 Å². The second kappa shape index (κ2) is 13.4. The topological polar surface area (TPSA) is 126 Å². The Labute approximate surface area is 228 Å². The lowest BCUT2D eigenvalue weighted by atomic mass is 9.76. The maximum Gasteiger partial charge on any atom is 0.475 e. The number of carbonyl (C=O) groups excluding carboxylic acids is 2. The molecular formula is C27H37BF2N4O5. The van der Waals surface area contributed by atoms with Crippen molar-refractivity contribution in [3.63, 3.8) is 0 Å². The third-order valence-corrected chi connectivity index (χ3v) is 7.38. The summed E-state index contributed by atoms with van der Waals surface area (Å²) in [5.74, 6) is -4.28. The molecule has 0 radical (unpaired) electrons. The number of alkyl halides is 2. The van der Waals surface area contributed by atoms with Crippen LogP contribution in [0.5, 0.6) is 0 Å². The van der Waals surface area contributed by atoms with E-state index in [9.17, 15) is 33.7 Å². The van der Waals surface area contributed by atoms with E-state index in [0.717, 1.165) is 12.0 Å². The van der Waals surface area contributed by atoms with Crippen molar-refractivity contribution >= 4 is 19.1 Å². The quantitative estimate of drug-likeness (QED) is 0.234. The summed E-state index contributed by atoms with van der Waals surface area (Å²) in [5, 5.41) is 31.6. The van der Waals surface area contributed by atoms with Gasteiger partial charge in [0.15, 0.2) is 0 Å². The van der Waals surface area contributed by atoms with Crippen molar-refractivity contribution in [3.8, 4) is 6.07 Å². The Balaban J connectivity index is 1.60. The van der Waals surface area contributed by atoms with Crippen LogP contribution in [0.3, 0.4) is 0 Å². The van der Waals surface area contributed by atoms with Gasteiger partial charge in [0, 0.05) is 25.0 Å². The third kappa shape index (κ3) is 8.75. The maximum absolute atomic E-state index is 13.8. The normalized spacial score (nSPS) is 20.7. The lowest BCUT2D eigenvalue weighted by Crippen LogP contribution is -2.50. The molecule has 0 aromatic heterocycles. The second-order valence-electron chi connectivity index (χ2n) is 10.8. The van der Waals surface area contributed by atoms with E-state index < -0.39 is 49.1 Å². The highest BCUT2D eigenvalue weighted by Gasteiger charge is 2.43. The second-order valence-corrected chi connectivity index (χ2v) is 10.8. The van der Waals surface area contributed by atoms with Gasteiger partial charge < -0.3 is 25.0 Å². The zero-order valence-corrected chi connectivity index (χ0v) is 22.5. The molecule has 212 valence electrons. The molecule has 2 aliphatic heterocycles. The Bertz CT molecular complexity index is 1060. The van der Waals surface area contributed by atoms with E-state index in [4.69, 9.17) is 4.74 Å². The predicted octanol–water partition coefficient (Wildman–Crippen LogP) is 2.68. The van der Waals surface area contributed by atoms with Crippen molar-refractivity contribution in [3.05, 3.63) is 47.5 Å². The van der Waals surface area contributed by atoms with Crippen LogP contribution in [0.4, 0.5) is 13.6 Å². The first-order valence-corrected chi connectivity index (χ1v) is 13.3.